The van der Waals surface area contributed by atoms with Crippen molar-refractivity contribution in [1.82, 2.24) is 20.3 Å². The van der Waals surface area contributed by atoms with E-state index in [1.54, 1.807) is 51.1 Å². The Labute approximate surface area is 293 Å². The summed E-state index contributed by atoms with van der Waals surface area (Å²) >= 11 is 0. The van der Waals surface area contributed by atoms with Gasteiger partial charge in [-0.15, -0.1) is 0 Å². The van der Waals surface area contributed by atoms with Gasteiger partial charge in [-0.05, 0) is 47.6 Å². The molecular formula is C36H46N4O9S. The number of amides is 3. The van der Waals surface area contributed by atoms with E-state index in [0.717, 1.165) is 5.56 Å². The summed E-state index contributed by atoms with van der Waals surface area (Å²) in [6.45, 7) is 8.33. The summed E-state index contributed by atoms with van der Waals surface area (Å²) in [6.07, 6.45) is -2.02. The Morgan fingerprint density at radius 2 is 1.54 bits per heavy atom. The maximum Gasteiger partial charge on any atom is 0.413 e. The lowest BCUT2D eigenvalue weighted by atomic mass is 9.85. The van der Waals surface area contributed by atoms with Gasteiger partial charge in [-0.25, -0.2) is 13.2 Å². The highest BCUT2D eigenvalue weighted by atomic mass is 32.2. The molecule has 13 nitrogen and oxygen atoms in total. The number of carbonyl (C=O) groups excluding carboxylic acids is 3. The van der Waals surface area contributed by atoms with Crippen molar-refractivity contribution >= 4 is 27.9 Å². The Kier molecular flexibility index (Phi) is 12.8. The number of rotatable bonds is 15. The van der Waals surface area contributed by atoms with E-state index in [9.17, 15) is 27.9 Å². The summed E-state index contributed by atoms with van der Waals surface area (Å²) in [7, 11) is -4.11. The number of benzene rings is 3. The zero-order valence-corrected chi connectivity index (χ0v) is 29.7. The molecular weight excluding hydrogens is 664 g/mol. The number of nitrogens with zero attached hydrogens (tertiary/aromatic N) is 1. The number of hydrogen-bond acceptors (Lipinski definition) is 9. The first kappa shape index (κ1) is 38.1. The van der Waals surface area contributed by atoms with E-state index >= 15 is 0 Å². The molecule has 3 atom stereocenters. The average Bonchev–Trinajstić information content (AvgIpc) is 3.54. The van der Waals surface area contributed by atoms with Crippen LogP contribution in [0.15, 0.2) is 83.8 Å². The van der Waals surface area contributed by atoms with Crippen LogP contribution >= 0.6 is 0 Å². The number of para-hydroxylation sites is 1. The van der Waals surface area contributed by atoms with Crippen molar-refractivity contribution in [2.75, 3.05) is 26.4 Å². The standard InChI is InChI=1S/C36H46N4O9S/c1-24(2)21-40(50(45,46)27-16-17-30-31(19-27)48-23-47-30)22-29(41)28(18-25-12-8-6-9-13-25)38-34(43)33(36(3,4)5)39-32(42)20-37-35(44)49-26-14-10-7-11-15-26/h6-17,19,24,28-29,33,41H,18,20-23H2,1-5H3,(H,37,44)(H,38,43)(H,39,42)/t28-,29+,33+/m0/s1. The van der Waals surface area contributed by atoms with Crippen LogP contribution in [0.5, 0.6) is 17.2 Å². The topological polar surface area (TPSA) is 173 Å². The minimum absolute atomic E-state index is 0.0125. The highest BCUT2D eigenvalue weighted by molar-refractivity contribution is 7.89. The van der Waals surface area contributed by atoms with Gasteiger partial charge in [-0.1, -0.05) is 83.1 Å². The Hall–Kier alpha value is -4.66. The van der Waals surface area contributed by atoms with Gasteiger partial charge >= 0.3 is 6.09 Å². The van der Waals surface area contributed by atoms with Crippen LogP contribution in [-0.2, 0) is 26.0 Å². The molecule has 0 spiro atoms. The SMILES string of the molecule is CC(C)CN(C[C@@H](O)[C@H](Cc1ccccc1)NC(=O)[C@@H](NC(=O)CNC(=O)Oc1ccccc1)C(C)(C)C)S(=O)(=O)c1ccc2c(c1)OCO2. The van der Waals surface area contributed by atoms with Gasteiger partial charge in [0.15, 0.2) is 11.5 Å². The number of aliphatic hydroxyl groups excluding tert-OH is 1. The van der Waals surface area contributed by atoms with Crippen LogP contribution in [0.25, 0.3) is 0 Å². The Bertz CT molecular complexity index is 1710. The summed E-state index contributed by atoms with van der Waals surface area (Å²) in [4.78, 5) is 39.0. The van der Waals surface area contributed by atoms with E-state index in [1.165, 1.54) is 22.5 Å². The third-order valence-corrected chi connectivity index (χ3v) is 9.64. The molecule has 0 radical (unpaired) electrons. The molecule has 1 heterocycles. The number of sulfonamides is 1. The Balaban J connectivity index is 1.51. The van der Waals surface area contributed by atoms with Crippen molar-refractivity contribution in [3.63, 3.8) is 0 Å². The molecule has 14 heteroatoms. The van der Waals surface area contributed by atoms with Gasteiger partial charge in [0.1, 0.15) is 18.3 Å². The summed E-state index contributed by atoms with van der Waals surface area (Å²) in [5, 5.41) is 19.6. The zero-order chi connectivity index (χ0) is 36.5. The van der Waals surface area contributed by atoms with Crippen LogP contribution in [0.3, 0.4) is 0 Å². The average molecular weight is 711 g/mol. The summed E-state index contributed by atoms with van der Waals surface area (Å²) in [5.74, 6) is -0.268. The van der Waals surface area contributed by atoms with Crippen LogP contribution in [0, 0.1) is 11.3 Å². The number of aliphatic hydroxyl groups is 1. The number of ether oxygens (including phenoxy) is 3. The lowest BCUT2D eigenvalue weighted by Crippen LogP contribution is -2.59. The number of fused-ring (bicyclic) bond motifs is 1. The van der Waals surface area contributed by atoms with Gasteiger partial charge in [-0.3, -0.25) is 9.59 Å². The molecule has 1 aliphatic rings. The predicted molar refractivity (Wildman–Crippen MR) is 186 cm³/mol. The molecule has 3 aromatic carbocycles. The van der Waals surface area contributed by atoms with Crippen molar-refractivity contribution < 1.29 is 42.1 Å². The fraction of sp³-hybridized carbons (Fsp3) is 0.417. The molecule has 0 aromatic heterocycles. The quantitative estimate of drug-likeness (QED) is 0.184. The van der Waals surface area contributed by atoms with E-state index in [2.05, 4.69) is 16.0 Å². The van der Waals surface area contributed by atoms with Crippen molar-refractivity contribution in [3.8, 4) is 17.2 Å². The Morgan fingerprint density at radius 3 is 2.18 bits per heavy atom. The van der Waals surface area contributed by atoms with Crippen molar-refractivity contribution in [2.24, 2.45) is 11.3 Å². The molecule has 0 bridgehead atoms. The van der Waals surface area contributed by atoms with Crippen molar-refractivity contribution in [3.05, 3.63) is 84.4 Å². The molecule has 3 amide bonds. The monoisotopic (exact) mass is 710 g/mol. The molecule has 0 fully saturated rings. The largest absolute Gasteiger partial charge is 0.454 e. The molecule has 270 valence electrons. The minimum atomic E-state index is -4.11. The fourth-order valence-corrected chi connectivity index (χ4v) is 6.93. The molecule has 1 aliphatic heterocycles. The van der Waals surface area contributed by atoms with Gasteiger partial charge in [0, 0.05) is 19.2 Å². The third kappa shape index (κ3) is 10.7. The number of carbonyl (C=O) groups is 3. The molecule has 3 aromatic rings. The van der Waals surface area contributed by atoms with E-state index in [1.807, 2.05) is 44.2 Å². The zero-order valence-electron chi connectivity index (χ0n) is 28.9. The van der Waals surface area contributed by atoms with Crippen LogP contribution in [0.1, 0.15) is 40.2 Å². The minimum Gasteiger partial charge on any atom is -0.454 e. The molecule has 0 aliphatic carbocycles. The molecule has 0 unspecified atom stereocenters. The maximum atomic E-state index is 13.9. The smallest absolute Gasteiger partial charge is 0.413 e. The van der Waals surface area contributed by atoms with Gasteiger partial charge in [0.25, 0.3) is 0 Å². The van der Waals surface area contributed by atoms with Crippen molar-refractivity contribution in [2.45, 2.75) is 64.1 Å². The second-order valence-electron chi connectivity index (χ2n) is 13.5. The first-order valence-electron chi connectivity index (χ1n) is 16.4. The van der Waals surface area contributed by atoms with Crippen LogP contribution < -0.4 is 30.2 Å². The highest BCUT2D eigenvalue weighted by Crippen LogP contribution is 2.35. The number of nitrogens with one attached hydrogen (secondary N) is 3. The molecule has 0 saturated heterocycles. The highest BCUT2D eigenvalue weighted by Gasteiger charge is 2.37. The van der Waals surface area contributed by atoms with Gasteiger partial charge in [0.05, 0.1) is 17.0 Å². The molecule has 0 saturated carbocycles. The van der Waals surface area contributed by atoms with Gasteiger partial charge in [-0.2, -0.15) is 4.31 Å². The van der Waals surface area contributed by atoms with Crippen molar-refractivity contribution in [1.29, 1.82) is 0 Å². The lowest BCUT2D eigenvalue weighted by molar-refractivity contribution is -0.132. The second kappa shape index (κ2) is 16.8. The van der Waals surface area contributed by atoms with E-state index in [-0.39, 0.29) is 37.1 Å². The first-order chi connectivity index (χ1) is 23.6. The lowest BCUT2D eigenvalue weighted by Gasteiger charge is -2.34. The van der Waals surface area contributed by atoms with E-state index in [4.69, 9.17) is 14.2 Å². The molecule has 50 heavy (non-hydrogen) atoms. The summed E-state index contributed by atoms with van der Waals surface area (Å²) in [6, 6.07) is 19.8. The van der Waals surface area contributed by atoms with E-state index in [0.29, 0.717) is 17.2 Å². The predicted octanol–water partition coefficient (Wildman–Crippen LogP) is 3.47. The van der Waals surface area contributed by atoms with Crippen LogP contribution in [-0.4, -0.2) is 80.4 Å². The molecule has 4 N–H and O–H groups in total. The van der Waals surface area contributed by atoms with Gasteiger partial charge in [0.2, 0.25) is 28.6 Å². The molecule has 4 rings (SSSR count). The second-order valence-corrected chi connectivity index (χ2v) is 15.5. The summed E-state index contributed by atoms with van der Waals surface area (Å²) in [5.41, 5.74) is 0.00203. The van der Waals surface area contributed by atoms with E-state index < -0.39 is 58.1 Å². The Morgan fingerprint density at radius 1 is 0.900 bits per heavy atom. The maximum absolute atomic E-state index is 13.9. The normalized spacial score (nSPS) is 14.5. The summed E-state index contributed by atoms with van der Waals surface area (Å²) < 4.78 is 44.9. The fourth-order valence-electron chi connectivity index (χ4n) is 5.29. The number of hydrogen-bond donors (Lipinski definition) is 4. The first-order valence-corrected chi connectivity index (χ1v) is 17.8. The third-order valence-electron chi connectivity index (χ3n) is 7.81. The van der Waals surface area contributed by atoms with Crippen LogP contribution in [0.2, 0.25) is 0 Å². The van der Waals surface area contributed by atoms with Crippen LogP contribution in [0.4, 0.5) is 4.79 Å². The van der Waals surface area contributed by atoms with Gasteiger partial charge < -0.3 is 35.3 Å².